The maximum Gasteiger partial charge on any atom is 0.361 e. The number of hydrazone groups is 1. The number of methoxy groups -OCH3 is 1. The Morgan fingerprint density at radius 1 is 1.16 bits per heavy atom. The van der Waals surface area contributed by atoms with Crippen LogP contribution in [0.5, 0.6) is 5.75 Å². The first kappa shape index (κ1) is 24.1. The van der Waals surface area contributed by atoms with Crippen molar-refractivity contribution in [3.63, 3.8) is 0 Å². The maximum atomic E-state index is 13.6. The van der Waals surface area contributed by atoms with Crippen molar-refractivity contribution in [2.75, 3.05) is 27.4 Å². The van der Waals surface area contributed by atoms with Crippen LogP contribution in [-0.4, -0.2) is 52.8 Å². The molecule has 0 aromatic heterocycles. The van der Waals surface area contributed by atoms with E-state index in [0.717, 1.165) is 0 Å². The maximum absolute atomic E-state index is 13.6. The van der Waals surface area contributed by atoms with E-state index in [1.165, 1.54) is 61.8 Å². The largest absolute Gasteiger partial charge is 0.494 e. The van der Waals surface area contributed by atoms with E-state index in [1.54, 1.807) is 13.8 Å². The summed E-state index contributed by atoms with van der Waals surface area (Å²) in [4.78, 5) is -0.116. The van der Waals surface area contributed by atoms with E-state index in [-0.39, 0.29) is 35.0 Å². The number of nitrogens with zero attached hydrogens (tertiary/aromatic N) is 3. The van der Waals surface area contributed by atoms with Crippen LogP contribution in [0.2, 0.25) is 0 Å². The second kappa shape index (κ2) is 9.50. The molecule has 1 aliphatic heterocycles. The van der Waals surface area contributed by atoms with E-state index >= 15 is 0 Å². The normalized spacial score (nSPS) is 15.0. The zero-order chi connectivity index (χ0) is 23.5. The van der Waals surface area contributed by atoms with E-state index < -0.39 is 23.4 Å². The van der Waals surface area contributed by atoms with Crippen LogP contribution in [0.4, 0.5) is 4.39 Å². The predicted octanol–water partition coefficient (Wildman–Crippen LogP) is 3.14. The van der Waals surface area contributed by atoms with Gasteiger partial charge in [0.2, 0.25) is 0 Å². The summed E-state index contributed by atoms with van der Waals surface area (Å²) in [5.74, 6) is -0.367. The Balaban J connectivity index is 1.94. The van der Waals surface area contributed by atoms with Gasteiger partial charge in [0.05, 0.1) is 31.8 Å². The Morgan fingerprint density at radius 2 is 1.84 bits per heavy atom. The minimum atomic E-state index is -4.04. The van der Waals surface area contributed by atoms with Gasteiger partial charge in [-0.05, 0) is 49.7 Å². The first-order chi connectivity index (χ1) is 15.1. The second-order valence-electron chi connectivity index (χ2n) is 6.57. The molecule has 0 saturated heterocycles. The van der Waals surface area contributed by atoms with E-state index in [2.05, 4.69) is 9.50 Å². The van der Waals surface area contributed by atoms with Gasteiger partial charge in [0.1, 0.15) is 4.90 Å². The standard InChI is InChI=1S/C20H23FN3O6PS/c1-5-29-31(25,30-6-2)15-8-9-16-19(12-15)32(26,27)23-20(16)24(3)22-13-14-7-10-17(21)18(11-14)28-4/h7-13H,5-6H2,1-4H3/b22-13+. The molecule has 0 amide bonds. The zero-order valence-electron chi connectivity index (χ0n) is 18.0. The molecule has 1 aliphatic rings. The van der Waals surface area contributed by atoms with Crippen molar-refractivity contribution >= 4 is 35.0 Å². The van der Waals surface area contributed by atoms with Gasteiger partial charge in [-0.2, -0.15) is 13.5 Å². The molecule has 2 aromatic rings. The first-order valence-electron chi connectivity index (χ1n) is 9.65. The average Bonchev–Trinajstić information content (AvgIpc) is 3.04. The molecule has 0 saturated carbocycles. The van der Waals surface area contributed by atoms with Gasteiger partial charge in [-0.25, -0.2) is 9.40 Å². The topological polar surface area (TPSA) is 107 Å². The highest BCUT2D eigenvalue weighted by molar-refractivity contribution is 7.90. The lowest BCUT2D eigenvalue weighted by Crippen LogP contribution is -2.22. The van der Waals surface area contributed by atoms with Gasteiger partial charge in [0.25, 0.3) is 10.0 Å². The van der Waals surface area contributed by atoms with Crippen molar-refractivity contribution in [2.24, 2.45) is 9.50 Å². The predicted molar refractivity (Wildman–Crippen MR) is 119 cm³/mol. The van der Waals surface area contributed by atoms with Gasteiger partial charge in [-0.15, -0.1) is 4.40 Å². The van der Waals surface area contributed by atoms with Crippen molar-refractivity contribution < 1.29 is 31.2 Å². The van der Waals surface area contributed by atoms with Gasteiger partial charge in [0.15, 0.2) is 17.4 Å². The number of hydrogen-bond acceptors (Lipinski definition) is 8. The van der Waals surface area contributed by atoms with Crippen LogP contribution in [0, 0.1) is 5.82 Å². The van der Waals surface area contributed by atoms with Crippen LogP contribution in [0.3, 0.4) is 0 Å². The summed E-state index contributed by atoms with van der Waals surface area (Å²) < 4.78 is 71.3. The third kappa shape index (κ3) is 4.75. The van der Waals surface area contributed by atoms with Crippen molar-refractivity contribution in [3.8, 4) is 5.75 Å². The number of halogens is 1. The summed E-state index contributed by atoms with van der Waals surface area (Å²) in [6, 6.07) is 8.44. The highest BCUT2D eigenvalue weighted by Gasteiger charge is 2.35. The fourth-order valence-electron chi connectivity index (χ4n) is 3.02. The number of rotatable bonds is 8. The monoisotopic (exact) mass is 483 g/mol. The van der Waals surface area contributed by atoms with Gasteiger partial charge in [0, 0.05) is 12.6 Å². The molecule has 0 fully saturated rings. The minimum Gasteiger partial charge on any atom is -0.494 e. The lowest BCUT2D eigenvalue weighted by atomic mass is 10.2. The van der Waals surface area contributed by atoms with E-state index in [1.807, 2.05) is 0 Å². The smallest absolute Gasteiger partial charge is 0.361 e. The van der Waals surface area contributed by atoms with E-state index in [9.17, 15) is 17.4 Å². The van der Waals surface area contributed by atoms with Crippen LogP contribution in [0.1, 0.15) is 25.0 Å². The van der Waals surface area contributed by atoms with E-state index in [4.69, 9.17) is 13.8 Å². The molecule has 12 heteroatoms. The van der Waals surface area contributed by atoms with Crippen molar-refractivity contribution in [1.82, 2.24) is 5.01 Å². The molecule has 9 nitrogen and oxygen atoms in total. The number of fused-ring (bicyclic) bond motifs is 1. The van der Waals surface area contributed by atoms with Gasteiger partial charge < -0.3 is 13.8 Å². The SMILES string of the molecule is CCOP(=O)(OCC)c1ccc2c(c1)S(=O)(=O)N=C2N(C)/N=C/c1ccc(F)c(OC)c1. The van der Waals surface area contributed by atoms with Crippen LogP contribution in [-0.2, 0) is 23.6 Å². The average molecular weight is 483 g/mol. The number of ether oxygens (including phenoxy) is 1. The molecule has 172 valence electrons. The van der Waals surface area contributed by atoms with Crippen LogP contribution in [0.15, 0.2) is 50.8 Å². The number of sulfonamides is 1. The molecule has 0 radical (unpaired) electrons. The van der Waals surface area contributed by atoms with E-state index in [0.29, 0.717) is 11.1 Å². The molecule has 0 spiro atoms. The van der Waals surface area contributed by atoms with Crippen LogP contribution in [0.25, 0.3) is 0 Å². The second-order valence-corrected chi connectivity index (χ2v) is 10.2. The fourth-order valence-corrected chi connectivity index (χ4v) is 5.96. The molecule has 3 rings (SSSR count). The summed E-state index contributed by atoms with van der Waals surface area (Å²) in [5, 5.41) is 5.62. The molecular weight excluding hydrogens is 460 g/mol. The Labute approximate surface area is 186 Å². The number of amidine groups is 1. The summed E-state index contributed by atoms with van der Waals surface area (Å²) in [7, 11) is -4.83. The zero-order valence-corrected chi connectivity index (χ0v) is 19.7. The Hall–Kier alpha value is -2.59. The third-order valence-corrected chi connectivity index (χ3v) is 7.88. The Kier molecular flexibility index (Phi) is 7.14. The quantitative estimate of drug-likeness (QED) is 0.323. The molecule has 0 bridgehead atoms. The van der Waals surface area contributed by atoms with Gasteiger partial charge >= 0.3 is 7.60 Å². The fraction of sp³-hybridized carbons (Fsp3) is 0.300. The number of hydrogen-bond donors (Lipinski definition) is 0. The van der Waals surface area contributed by atoms with Crippen LogP contribution < -0.4 is 10.0 Å². The third-order valence-electron chi connectivity index (χ3n) is 4.47. The molecule has 2 aromatic carbocycles. The lowest BCUT2D eigenvalue weighted by Gasteiger charge is -2.18. The van der Waals surface area contributed by atoms with Crippen molar-refractivity contribution in [1.29, 1.82) is 0 Å². The highest BCUT2D eigenvalue weighted by Crippen LogP contribution is 2.47. The molecule has 32 heavy (non-hydrogen) atoms. The Bertz CT molecular complexity index is 1220. The molecule has 0 aliphatic carbocycles. The Morgan fingerprint density at radius 3 is 2.47 bits per heavy atom. The molecular formula is C20H23FN3O6PS. The summed E-state index contributed by atoms with van der Waals surface area (Å²) >= 11 is 0. The van der Waals surface area contributed by atoms with Gasteiger partial charge in [-0.1, -0.05) is 6.07 Å². The summed E-state index contributed by atoms with van der Waals surface area (Å²) in [5.41, 5.74) is 0.839. The van der Waals surface area contributed by atoms with Crippen molar-refractivity contribution in [3.05, 3.63) is 53.3 Å². The molecule has 0 unspecified atom stereocenters. The highest BCUT2D eigenvalue weighted by atomic mass is 32.2. The molecule has 1 heterocycles. The minimum absolute atomic E-state index is 0.0586. The lowest BCUT2D eigenvalue weighted by molar-refractivity contribution is 0.230. The van der Waals surface area contributed by atoms with Gasteiger partial charge in [-0.3, -0.25) is 4.57 Å². The van der Waals surface area contributed by atoms with Crippen LogP contribution >= 0.6 is 7.60 Å². The van der Waals surface area contributed by atoms with Crippen molar-refractivity contribution in [2.45, 2.75) is 18.7 Å². The molecule has 0 N–H and O–H groups in total. The number of benzene rings is 2. The summed E-state index contributed by atoms with van der Waals surface area (Å²) in [6.07, 6.45) is 1.42. The first-order valence-corrected chi connectivity index (χ1v) is 12.6. The summed E-state index contributed by atoms with van der Waals surface area (Å²) in [6.45, 7) is 3.60. The molecule has 0 atom stereocenters.